The number of benzene rings is 1. The minimum absolute atomic E-state index is 0.136. The fourth-order valence-corrected chi connectivity index (χ4v) is 3.51. The highest BCUT2D eigenvalue weighted by Gasteiger charge is 2.56. The highest BCUT2D eigenvalue weighted by molar-refractivity contribution is 9.10. The molecule has 0 aromatic heterocycles. The lowest BCUT2D eigenvalue weighted by Gasteiger charge is -2.17. The first-order chi connectivity index (χ1) is 11.6. The number of amides is 2. The smallest absolute Gasteiger partial charge is 0.240 e. The van der Waals surface area contributed by atoms with Crippen molar-refractivity contribution in [2.24, 2.45) is 5.41 Å². The molecule has 2 aliphatic carbocycles. The highest BCUT2D eigenvalue weighted by atomic mass is 79.9. The van der Waals surface area contributed by atoms with E-state index in [-0.39, 0.29) is 11.8 Å². The number of allylic oxidation sites excluding steroid dienone is 1. The second kappa shape index (κ2) is 7.51. The van der Waals surface area contributed by atoms with Gasteiger partial charge in [0, 0.05) is 11.0 Å². The van der Waals surface area contributed by atoms with Gasteiger partial charge in [-0.3, -0.25) is 9.59 Å². The van der Waals surface area contributed by atoms with Gasteiger partial charge in [-0.2, -0.15) is 0 Å². The molecule has 0 atom stereocenters. The van der Waals surface area contributed by atoms with Crippen molar-refractivity contribution in [2.45, 2.75) is 44.9 Å². The minimum atomic E-state index is -0.879. The van der Waals surface area contributed by atoms with E-state index >= 15 is 0 Å². The van der Waals surface area contributed by atoms with Crippen molar-refractivity contribution in [3.8, 4) is 0 Å². The predicted octanol–water partition coefficient (Wildman–Crippen LogP) is 4.17. The second-order valence-corrected chi connectivity index (χ2v) is 7.48. The molecule has 24 heavy (non-hydrogen) atoms. The Hall–Kier alpha value is -1.62. The van der Waals surface area contributed by atoms with E-state index in [1.807, 2.05) is 24.3 Å². The summed E-state index contributed by atoms with van der Waals surface area (Å²) in [5.41, 5.74) is 1.26. The lowest BCUT2D eigenvalue weighted by Crippen LogP contribution is -2.40. The standard InChI is InChI=1S/C19H23BrN2O2/c20-15-8-4-5-9-16(15)22-18(24)19(11-12-19)17(23)21-13-10-14-6-2-1-3-7-14/h4-6,8-9H,1-3,7,10-13H2,(H,21,23)(H,22,24). The summed E-state index contributed by atoms with van der Waals surface area (Å²) in [6, 6.07) is 7.44. The van der Waals surface area contributed by atoms with Gasteiger partial charge in [0.15, 0.2) is 0 Å². The molecule has 128 valence electrons. The van der Waals surface area contributed by atoms with Crippen molar-refractivity contribution in [1.29, 1.82) is 0 Å². The van der Waals surface area contributed by atoms with Crippen LogP contribution in [0.2, 0.25) is 0 Å². The Morgan fingerprint density at radius 2 is 1.92 bits per heavy atom. The summed E-state index contributed by atoms with van der Waals surface area (Å²) in [7, 11) is 0. The van der Waals surface area contributed by atoms with E-state index in [2.05, 4.69) is 32.6 Å². The third-order valence-electron chi connectivity index (χ3n) is 4.86. The van der Waals surface area contributed by atoms with E-state index < -0.39 is 5.41 Å². The monoisotopic (exact) mass is 390 g/mol. The Labute approximate surface area is 151 Å². The first kappa shape index (κ1) is 17.2. The molecular weight excluding hydrogens is 368 g/mol. The maximum atomic E-state index is 12.6. The van der Waals surface area contributed by atoms with Crippen molar-refractivity contribution in [3.05, 3.63) is 40.4 Å². The van der Waals surface area contributed by atoms with E-state index in [9.17, 15) is 9.59 Å². The highest BCUT2D eigenvalue weighted by Crippen LogP contribution is 2.47. The molecule has 1 saturated carbocycles. The topological polar surface area (TPSA) is 58.2 Å². The number of nitrogens with one attached hydrogen (secondary N) is 2. The molecule has 2 amide bonds. The minimum Gasteiger partial charge on any atom is -0.355 e. The van der Waals surface area contributed by atoms with E-state index in [1.54, 1.807) is 0 Å². The molecule has 0 radical (unpaired) electrons. The Morgan fingerprint density at radius 3 is 2.58 bits per heavy atom. The molecular formula is C19H23BrN2O2. The van der Waals surface area contributed by atoms with Crippen LogP contribution in [0.1, 0.15) is 44.9 Å². The van der Waals surface area contributed by atoms with Crippen LogP contribution < -0.4 is 10.6 Å². The zero-order valence-electron chi connectivity index (χ0n) is 13.7. The number of hydrogen-bond donors (Lipinski definition) is 2. The second-order valence-electron chi connectivity index (χ2n) is 6.63. The maximum absolute atomic E-state index is 12.6. The quantitative estimate of drug-likeness (QED) is 0.565. The van der Waals surface area contributed by atoms with Gasteiger partial charge < -0.3 is 10.6 Å². The van der Waals surface area contributed by atoms with Crippen LogP contribution in [0, 0.1) is 5.41 Å². The number of anilines is 1. The van der Waals surface area contributed by atoms with Gasteiger partial charge in [-0.1, -0.05) is 23.8 Å². The molecule has 5 heteroatoms. The summed E-state index contributed by atoms with van der Waals surface area (Å²) in [6.07, 6.45) is 9.25. The van der Waals surface area contributed by atoms with E-state index in [1.165, 1.54) is 18.4 Å². The number of carbonyl (C=O) groups excluding carboxylic acids is 2. The molecule has 1 fully saturated rings. The fourth-order valence-electron chi connectivity index (χ4n) is 3.12. The Kier molecular flexibility index (Phi) is 5.39. The summed E-state index contributed by atoms with van der Waals surface area (Å²) in [6.45, 7) is 0.620. The molecule has 0 heterocycles. The van der Waals surface area contributed by atoms with Crippen LogP contribution in [-0.2, 0) is 9.59 Å². The number of rotatable bonds is 6. The molecule has 2 aliphatic rings. The van der Waals surface area contributed by atoms with Gasteiger partial charge in [-0.25, -0.2) is 0 Å². The van der Waals surface area contributed by atoms with E-state index in [0.29, 0.717) is 25.1 Å². The third kappa shape index (κ3) is 3.89. The Morgan fingerprint density at radius 1 is 1.12 bits per heavy atom. The lowest BCUT2D eigenvalue weighted by molar-refractivity contribution is -0.134. The SMILES string of the molecule is O=C(NCCC1=CCCCC1)C1(C(=O)Nc2ccccc2Br)CC1. The molecule has 0 unspecified atom stereocenters. The van der Waals surface area contributed by atoms with Crippen LogP contribution in [0.15, 0.2) is 40.4 Å². The zero-order chi connectivity index (χ0) is 17.0. The van der Waals surface area contributed by atoms with Crippen LogP contribution in [-0.4, -0.2) is 18.4 Å². The first-order valence-corrected chi connectivity index (χ1v) is 9.43. The molecule has 0 saturated heterocycles. The van der Waals surface area contributed by atoms with Crippen LogP contribution in [0.3, 0.4) is 0 Å². The fraction of sp³-hybridized carbons (Fsp3) is 0.474. The van der Waals surface area contributed by atoms with Gasteiger partial charge in [-0.15, -0.1) is 0 Å². The molecule has 0 aliphatic heterocycles. The maximum Gasteiger partial charge on any atom is 0.240 e. The van der Waals surface area contributed by atoms with Crippen LogP contribution in [0.25, 0.3) is 0 Å². The van der Waals surface area contributed by atoms with Gasteiger partial charge in [-0.05, 0) is 73.0 Å². The largest absolute Gasteiger partial charge is 0.355 e. The number of para-hydroxylation sites is 1. The first-order valence-electron chi connectivity index (χ1n) is 8.64. The van der Waals surface area contributed by atoms with Crippen LogP contribution >= 0.6 is 15.9 Å². The number of carbonyl (C=O) groups is 2. The number of hydrogen-bond acceptors (Lipinski definition) is 2. The lowest BCUT2D eigenvalue weighted by atomic mass is 9.97. The molecule has 3 rings (SSSR count). The van der Waals surface area contributed by atoms with Gasteiger partial charge >= 0.3 is 0 Å². The van der Waals surface area contributed by atoms with Crippen molar-refractivity contribution >= 4 is 33.4 Å². The molecule has 0 bridgehead atoms. The molecule has 2 N–H and O–H groups in total. The normalized spacial score (nSPS) is 18.5. The van der Waals surface area contributed by atoms with Gasteiger partial charge in [0.05, 0.1) is 5.69 Å². The van der Waals surface area contributed by atoms with Crippen molar-refractivity contribution < 1.29 is 9.59 Å². The Bertz CT molecular complexity index is 665. The third-order valence-corrected chi connectivity index (χ3v) is 5.55. The summed E-state index contributed by atoms with van der Waals surface area (Å²) in [5, 5.41) is 5.84. The molecule has 4 nitrogen and oxygen atoms in total. The molecule has 1 aromatic rings. The zero-order valence-corrected chi connectivity index (χ0v) is 15.3. The summed E-state index contributed by atoms with van der Waals surface area (Å²) in [5.74, 6) is -0.341. The van der Waals surface area contributed by atoms with Crippen LogP contribution in [0.5, 0.6) is 0 Å². The summed E-state index contributed by atoms with van der Waals surface area (Å²) >= 11 is 3.41. The summed E-state index contributed by atoms with van der Waals surface area (Å²) < 4.78 is 0.818. The number of halogens is 1. The molecule has 0 spiro atoms. The van der Waals surface area contributed by atoms with Crippen LogP contribution in [0.4, 0.5) is 5.69 Å². The van der Waals surface area contributed by atoms with Gasteiger partial charge in [0.1, 0.15) is 5.41 Å². The molecule has 1 aromatic carbocycles. The predicted molar refractivity (Wildman–Crippen MR) is 98.6 cm³/mol. The summed E-state index contributed by atoms with van der Waals surface area (Å²) in [4.78, 5) is 25.0. The van der Waals surface area contributed by atoms with Gasteiger partial charge in [0.25, 0.3) is 0 Å². The van der Waals surface area contributed by atoms with E-state index in [0.717, 1.165) is 23.7 Å². The van der Waals surface area contributed by atoms with Crippen molar-refractivity contribution in [2.75, 3.05) is 11.9 Å². The van der Waals surface area contributed by atoms with E-state index in [4.69, 9.17) is 0 Å². The Balaban J connectivity index is 1.53. The van der Waals surface area contributed by atoms with Gasteiger partial charge in [0.2, 0.25) is 11.8 Å². The average Bonchev–Trinajstić information content (AvgIpc) is 3.40. The average molecular weight is 391 g/mol. The van der Waals surface area contributed by atoms with Crippen molar-refractivity contribution in [1.82, 2.24) is 5.32 Å². The van der Waals surface area contributed by atoms with Crippen molar-refractivity contribution in [3.63, 3.8) is 0 Å².